The largest absolute Gasteiger partial charge is 0.496 e. The van der Waals surface area contributed by atoms with Crippen LogP contribution in [0.5, 0.6) is 5.75 Å². The number of hydrogen-bond acceptors (Lipinski definition) is 3. The average molecular weight is 326 g/mol. The van der Waals surface area contributed by atoms with E-state index < -0.39 is 0 Å². The van der Waals surface area contributed by atoms with E-state index in [0.29, 0.717) is 18.1 Å². The summed E-state index contributed by atoms with van der Waals surface area (Å²) < 4.78 is 12.1. The molecule has 4 unspecified atom stereocenters. The van der Waals surface area contributed by atoms with Crippen LogP contribution in [-0.4, -0.2) is 25.4 Å². The Labute approximate surface area is 122 Å². The third-order valence-electron chi connectivity index (χ3n) is 4.39. The molecule has 2 N–H and O–H groups in total. The van der Waals surface area contributed by atoms with Gasteiger partial charge in [0.2, 0.25) is 0 Å². The predicted octanol–water partition coefficient (Wildman–Crippen LogP) is 2.90. The lowest BCUT2D eigenvalue weighted by Gasteiger charge is -2.25. The summed E-state index contributed by atoms with van der Waals surface area (Å²) in [5, 5.41) is 0. The lowest BCUT2D eigenvalue weighted by atomic mass is 9.82. The van der Waals surface area contributed by atoms with Crippen molar-refractivity contribution in [3.8, 4) is 5.75 Å². The monoisotopic (exact) mass is 325 g/mol. The molecule has 0 amide bonds. The Morgan fingerprint density at radius 2 is 2.32 bits per heavy atom. The van der Waals surface area contributed by atoms with Gasteiger partial charge in [0.15, 0.2) is 0 Å². The number of fused-ring (bicyclic) bond motifs is 2. The van der Waals surface area contributed by atoms with Gasteiger partial charge in [0, 0.05) is 12.0 Å². The molecular weight excluding hydrogens is 306 g/mol. The number of nitrogens with two attached hydrogens (primary N) is 1. The molecule has 1 aromatic carbocycles. The molecule has 3 nitrogen and oxygen atoms in total. The van der Waals surface area contributed by atoms with E-state index in [4.69, 9.17) is 15.2 Å². The van der Waals surface area contributed by atoms with Gasteiger partial charge in [-0.05, 0) is 59.3 Å². The molecule has 2 saturated heterocycles. The van der Waals surface area contributed by atoms with E-state index >= 15 is 0 Å². The fourth-order valence-corrected chi connectivity index (χ4v) is 3.98. The Kier molecular flexibility index (Phi) is 3.83. The van der Waals surface area contributed by atoms with Gasteiger partial charge in [-0.1, -0.05) is 6.07 Å². The zero-order chi connectivity index (χ0) is 13.4. The number of methoxy groups -OCH3 is 1. The second-order valence-corrected chi connectivity index (χ2v) is 6.46. The highest BCUT2D eigenvalue weighted by molar-refractivity contribution is 9.10. The quantitative estimate of drug-likeness (QED) is 0.925. The van der Waals surface area contributed by atoms with Crippen LogP contribution in [0.15, 0.2) is 22.7 Å². The summed E-state index contributed by atoms with van der Waals surface area (Å²) in [5.41, 5.74) is 7.64. The molecule has 1 aromatic rings. The fourth-order valence-electron chi connectivity index (χ4n) is 3.39. The lowest BCUT2D eigenvalue weighted by molar-refractivity contribution is 0.0885. The van der Waals surface area contributed by atoms with Crippen molar-refractivity contribution in [3.05, 3.63) is 28.2 Å². The first-order valence-corrected chi connectivity index (χ1v) is 7.70. The number of ether oxygens (including phenoxy) is 2. The highest BCUT2D eigenvalue weighted by atomic mass is 79.9. The van der Waals surface area contributed by atoms with Gasteiger partial charge in [0.05, 0.1) is 23.8 Å². The lowest BCUT2D eigenvalue weighted by Crippen LogP contribution is -2.37. The summed E-state index contributed by atoms with van der Waals surface area (Å²) in [6.07, 6.45) is 5.34. The molecular formula is C15H20BrNO2. The minimum absolute atomic E-state index is 0.190. The second kappa shape index (κ2) is 5.43. The molecule has 2 aliphatic rings. The zero-order valence-corrected chi connectivity index (χ0v) is 12.7. The Balaban J connectivity index is 1.66. The number of halogens is 1. The van der Waals surface area contributed by atoms with Crippen molar-refractivity contribution in [2.45, 2.75) is 43.9 Å². The fraction of sp³-hybridized carbons (Fsp3) is 0.600. The third kappa shape index (κ3) is 2.67. The first-order valence-electron chi connectivity index (χ1n) is 6.91. The summed E-state index contributed by atoms with van der Waals surface area (Å²) in [7, 11) is 1.68. The van der Waals surface area contributed by atoms with Crippen molar-refractivity contribution in [2.24, 2.45) is 11.7 Å². The smallest absolute Gasteiger partial charge is 0.133 e. The first-order chi connectivity index (χ1) is 9.17. The molecule has 0 radical (unpaired) electrons. The summed E-state index contributed by atoms with van der Waals surface area (Å²) in [6.45, 7) is 0. The molecule has 0 spiro atoms. The van der Waals surface area contributed by atoms with Crippen LogP contribution in [0.3, 0.4) is 0 Å². The predicted molar refractivity (Wildman–Crippen MR) is 78.4 cm³/mol. The van der Waals surface area contributed by atoms with E-state index in [1.165, 1.54) is 18.4 Å². The Morgan fingerprint density at radius 1 is 1.47 bits per heavy atom. The summed E-state index contributed by atoms with van der Waals surface area (Å²) >= 11 is 3.52. The van der Waals surface area contributed by atoms with Crippen LogP contribution in [0.2, 0.25) is 0 Å². The molecule has 2 aliphatic heterocycles. The topological polar surface area (TPSA) is 44.5 Å². The second-order valence-electron chi connectivity index (χ2n) is 5.61. The van der Waals surface area contributed by atoms with Gasteiger partial charge in [-0.25, -0.2) is 0 Å². The molecule has 0 saturated carbocycles. The molecule has 4 atom stereocenters. The highest BCUT2D eigenvalue weighted by Gasteiger charge is 2.43. The zero-order valence-electron chi connectivity index (χ0n) is 11.1. The maximum Gasteiger partial charge on any atom is 0.133 e. The number of rotatable bonds is 4. The Bertz CT molecular complexity index is 465. The van der Waals surface area contributed by atoms with Crippen LogP contribution in [0.1, 0.15) is 24.8 Å². The SMILES string of the molecule is COc1ccc(CC(N)C2CC3CCC2O3)cc1Br. The highest BCUT2D eigenvalue weighted by Crippen LogP contribution is 2.40. The van der Waals surface area contributed by atoms with Gasteiger partial charge in [-0.2, -0.15) is 0 Å². The molecule has 0 aliphatic carbocycles. The Morgan fingerprint density at radius 3 is 2.89 bits per heavy atom. The molecule has 2 fully saturated rings. The summed E-state index contributed by atoms with van der Waals surface area (Å²) in [4.78, 5) is 0. The molecule has 4 heteroatoms. The van der Waals surface area contributed by atoms with Crippen molar-refractivity contribution in [1.82, 2.24) is 0 Å². The minimum Gasteiger partial charge on any atom is -0.496 e. The third-order valence-corrected chi connectivity index (χ3v) is 5.01. The molecule has 3 rings (SSSR count). The van der Waals surface area contributed by atoms with Crippen LogP contribution >= 0.6 is 15.9 Å². The summed E-state index contributed by atoms with van der Waals surface area (Å²) in [5.74, 6) is 1.39. The van der Waals surface area contributed by atoms with E-state index in [1.54, 1.807) is 7.11 Å². The van der Waals surface area contributed by atoms with E-state index in [9.17, 15) is 0 Å². The minimum atomic E-state index is 0.190. The van der Waals surface area contributed by atoms with Crippen LogP contribution in [0, 0.1) is 5.92 Å². The van der Waals surface area contributed by atoms with Crippen molar-refractivity contribution in [2.75, 3.05) is 7.11 Å². The van der Waals surface area contributed by atoms with Gasteiger partial charge in [0.1, 0.15) is 5.75 Å². The molecule has 104 valence electrons. The average Bonchev–Trinajstić information content (AvgIpc) is 3.01. The number of hydrogen-bond donors (Lipinski definition) is 1. The van der Waals surface area contributed by atoms with Crippen LogP contribution < -0.4 is 10.5 Å². The summed E-state index contributed by atoms with van der Waals surface area (Å²) in [6, 6.07) is 6.38. The first kappa shape index (κ1) is 13.4. The van der Waals surface area contributed by atoms with Crippen molar-refractivity contribution in [1.29, 1.82) is 0 Å². The van der Waals surface area contributed by atoms with Gasteiger partial charge in [-0.3, -0.25) is 0 Å². The van der Waals surface area contributed by atoms with Crippen LogP contribution in [0.25, 0.3) is 0 Å². The van der Waals surface area contributed by atoms with E-state index in [1.807, 2.05) is 6.07 Å². The van der Waals surface area contributed by atoms with Crippen molar-refractivity contribution < 1.29 is 9.47 Å². The van der Waals surface area contributed by atoms with Gasteiger partial charge in [0.25, 0.3) is 0 Å². The maximum atomic E-state index is 6.39. The normalized spacial score (nSPS) is 30.6. The van der Waals surface area contributed by atoms with E-state index in [2.05, 4.69) is 28.1 Å². The van der Waals surface area contributed by atoms with Gasteiger partial charge >= 0.3 is 0 Å². The van der Waals surface area contributed by atoms with Gasteiger partial charge < -0.3 is 15.2 Å². The number of benzene rings is 1. The van der Waals surface area contributed by atoms with Crippen molar-refractivity contribution in [3.63, 3.8) is 0 Å². The van der Waals surface area contributed by atoms with E-state index in [0.717, 1.165) is 23.1 Å². The maximum absolute atomic E-state index is 6.39. The molecule has 0 aromatic heterocycles. The standard InChI is InChI=1S/C15H20BrNO2/c1-18-15-4-2-9(6-12(15)16)7-13(17)11-8-10-3-5-14(11)19-10/h2,4,6,10-11,13-14H,3,5,7-8,17H2,1H3. The van der Waals surface area contributed by atoms with Crippen LogP contribution in [-0.2, 0) is 11.2 Å². The molecule has 2 heterocycles. The Hall–Kier alpha value is -0.580. The van der Waals surface area contributed by atoms with E-state index in [-0.39, 0.29) is 6.04 Å². The van der Waals surface area contributed by atoms with Gasteiger partial charge in [-0.15, -0.1) is 0 Å². The molecule has 19 heavy (non-hydrogen) atoms. The molecule has 2 bridgehead atoms. The van der Waals surface area contributed by atoms with Crippen LogP contribution in [0.4, 0.5) is 0 Å². The van der Waals surface area contributed by atoms with Crippen molar-refractivity contribution >= 4 is 15.9 Å².